The number of hydrogen-bond acceptors (Lipinski definition) is 9. The van der Waals surface area contributed by atoms with Crippen molar-refractivity contribution in [1.29, 1.82) is 0 Å². The molecule has 0 rings (SSSR count). The lowest BCUT2D eigenvalue weighted by molar-refractivity contribution is -0.161. The molecule has 0 aliphatic rings. The summed E-state index contributed by atoms with van der Waals surface area (Å²) in [4.78, 5) is 45.8. The topological polar surface area (TPSA) is 172 Å². The van der Waals surface area contributed by atoms with Gasteiger partial charge in [0.15, 0.2) is 6.10 Å². The fourth-order valence-corrected chi connectivity index (χ4v) is 6.03. The molecule has 0 heterocycles. The zero-order valence-corrected chi connectivity index (χ0v) is 33.3. The highest BCUT2D eigenvalue weighted by molar-refractivity contribution is 7.47. The van der Waals surface area contributed by atoms with E-state index in [1.165, 1.54) is 57.8 Å². The van der Waals surface area contributed by atoms with Crippen LogP contribution in [0.4, 0.5) is 0 Å². The number of carbonyl (C=O) groups is 3. The van der Waals surface area contributed by atoms with Crippen LogP contribution in [0.5, 0.6) is 0 Å². The van der Waals surface area contributed by atoms with Gasteiger partial charge in [0.2, 0.25) is 0 Å². The molecule has 0 fully saturated rings. The summed E-state index contributed by atoms with van der Waals surface area (Å²) in [5.74, 6) is -2.40. The maximum Gasteiger partial charge on any atom is 0.472 e. The first-order valence-corrected chi connectivity index (χ1v) is 21.5. The summed E-state index contributed by atoms with van der Waals surface area (Å²) in [6.45, 7) is 2.66. The Morgan fingerprint density at radius 2 is 1.08 bits per heavy atom. The zero-order valence-electron chi connectivity index (χ0n) is 32.4. The van der Waals surface area contributed by atoms with Crippen molar-refractivity contribution in [3.63, 3.8) is 0 Å². The third kappa shape index (κ3) is 34.8. The summed E-state index contributed by atoms with van der Waals surface area (Å²) in [6, 6.07) is -1.52. The quantitative estimate of drug-likeness (QED) is 0.0238. The van der Waals surface area contributed by atoms with E-state index in [0.717, 1.165) is 70.6 Å². The summed E-state index contributed by atoms with van der Waals surface area (Å²) in [5, 5.41) is 8.87. The van der Waals surface area contributed by atoms with Gasteiger partial charge < -0.3 is 25.2 Å². The number of aliphatic carboxylic acids is 1. The first kappa shape index (κ1) is 49.7. The molecule has 0 spiro atoms. The second-order valence-electron chi connectivity index (χ2n) is 13.4. The zero-order chi connectivity index (χ0) is 38.5. The molecular formula is C40H72NO10P. The number of phosphoric ester groups is 1. The molecule has 0 aliphatic carbocycles. The van der Waals surface area contributed by atoms with Gasteiger partial charge in [-0.3, -0.25) is 23.4 Å². The smallest absolute Gasteiger partial charge is 0.472 e. The van der Waals surface area contributed by atoms with Gasteiger partial charge in [-0.2, -0.15) is 0 Å². The first-order valence-electron chi connectivity index (χ1n) is 20.0. The maximum absolute atomic E-state index is 12.6. The molecule has 0 bridgehead atoms. The predicted molar refractivity (Wildman–Crippen MR) is 208 cm³/mol. The monoisotopic (exact) mass is 757 g/mol. The van der Waals surface area contributed by atoms with Crippen LogP contribution in [-0.2, 0) is 37.5 Å². The second-order valence-corrected chi connectivity index (χ2v) is 14.8. The molecule has 0 radical (unpaired) electrons. The van der Waals surface area contributed by atoms with Crippen molar-refractivity contribution in [2.75, 3.05) is 19.8 Å². The number of esters is 2. The number of carboxylic acid groups (broad SMARTS) is 1. The van der Waals surface area contributed by atoms with Crippen LogP contribution in [0.25, 0.3) is 0 Å². The van der Waals surface area contributed by atoms with E-state index in [9.17, 15) is 23.8 Å². The average molecular weight is 758 g/mol. The molecule has 3 atom stereocenters. The van der Waals surface area contributed by atoms with Crippen molar-refractivity contribution in [1.82, 2.24) is 0 Å². The van der Waals surface area contributed by atoms with Gasteiger partial charge in [0.05, 0.1) is 13.2 Å². The molecule has 0 saturated heterocycles. The Morgan fingerprint density at radius 1 is 0.615 bits per heavy atom. The van der Waals surface area contributed by atoms with Crippen LogP contribution in [-0.4, -0.2) is 59.9 Å². The summed E-state index contributed by atoms with van der Waals surface area (Å²) < 4.78 is 32.6. The Balaban J connectivity index is 4.44. The lowest BCUT2D eigenvalue weighted by Gasteiger charge is -2.20. The normalized spacial score (nSPS) is 14.2. The molecule has 52 heavy (non-hydrogen) atoms. The van der Waals surface area contributed by atoms with Gasteiger partial charge in [-0.1, -0.05) is 147 Å². The van der Waals surface area contributed by atoms with Crippen molar-refractivity contribution in [3.8, 4) is 0 Å². The number of allylic oxidation sites excluding steroid dienone is 6. The summed E-state index contributed by atoms with van der Waals surface area (Å²) in [5.41, 5.74) is 5.32. The highest BCUT2D eigenvalue weighted by atomic mass is 31.2. The van der Waals surface area contributed by atoms with Gasteiger partial charge >= 0.3 is 25.7 Å². The van der Waals surface area contributed by atoms with E-state index in [-0.39, 0.29) is 19.4 Å². The highest BCUT2D eigenvalue weighted by Gasteiger charge is 2.28. The number of ether oxygens (including phenoxy) is 2. The van der Waals surface area contributed by atoms with Crippen LogP contribution in [0, 0.1) is 0 Å². The van der Waals surface area contributed by atoms with Crippen LogP contribution in [0.1, 0.15) is 168 Å². The van der Waals surface area contributed by atoms with Crippen LogP contribution >= 0.6 is 7.82 Å². The van der Waals surface area contributed by atoms with Gasteiger partial charge in [-0.05, 0) is 44.9 Å². The van der Waals surface area contributed by atoms with E-state index in [2.05, 4.69) is 54.8 Å². The van der Waals surface area contributed by atoms with E-state index < -0.39 is 51.1 Å². The third-order valence-electron chi connectivity index (χ3n) is 8.40. The number of carboxylic acids is 1. The number of unbranched alkanes of at least 4 members (excludes halogenated alkanes) is 17. The van der Waals surface area contributed by atoms with E-state index >= 15 is 0 Å². The van der Waals surface area contributed by atoms with Gasteiger partial charge in [-0.25, -0.2) is 4.57 Å². The first-order chi connectivity index (χ1) is 25.1. The van der Waals surface area contributed by atoms with Gasteiger partial charge in [-0.15, -0.1) is 0 Å². The molecule has 11 nitrogen and oxygen atoms in total. The summed E-state index contributed by atoms with van der Waals surface area (Å²) in [6.07, 6.45) is 36.4. The van der Waals surface area contributed by atoms with Crippen molar-refractivity contribution in [2.24, 2.45) is 5.73 Å². The molecule has 0 saturated carbocycles. The minimum absolute atomic E-state index is 0.143. The number of rotatable bonds is 37. The molecule has 4 N–H and O–H groups in total. The fraction of sp³-hybridized carbons (Fsp3) is 0.775. The van der Waals surface area contributed by atoms with E-state index in [1.54, 1.807) is 0 Å². The SMILES string of the molecule is CCC=CCC=CCC=CCCCCCCCC(=O)O[C@H](COC(=O)CCCCCCCCCCCCCCC)COP(=O)(O)OC[C@H](N)C(=O)O. The Labute approximate surface area is 314 Å². The largest absolute Gasteiger partial charge is 0.480 e. The predicted octanol–water partition coefficient (Wildman–Crippen LogP) is 10.1. The number of nitrogens with two attached hydrogens (primary N) is 1. The van der Waals surface area contributed by atoms with E-state index in [4.69, 9.17) is 24.8 Å². The van der Waals surface area contributed by atoms with Crippen molar-refractivity contribution < 1.29 is 47.5 Å². The lowest BCUT2D eigenvalue weighted by atomic mass is 10.0. The van der Waals surface area contributed by atoms with Crippen LogP contribution in [0.3, 0.4) is 0 Å². The van der Waals surface area contributed by atoms with Gasteiger partial charge in [0.25, 0.3) is 0 Å². The molecular weight excluding hydrogens is 685 g/mol. The minimum Gasteiger partial charge on any atom is -0.480 e. The lowest BCUT2D eigenvalue weighted by Crippen LogP contribution is -2.34. The second kappa shape index (κ2) is 35.7. The number of phosphoric acid groups is 1. The standard InChI is InChI=1S/C40H72NO10P/c1-3-5-7-9-11-13-15-17-18-20-22-24-26-28-30-32-39(43)51-36(34-49-52(46,47)50-35-37(41)40(44)45)33-48-38(42)31-29-27-25-23-21-19-16-14-12-10-8-6-4-2/h5,7,11,13,17-18,36-37H,3-4,6,8-10,12,14-16,19-35,41H2,1-2H3,(H,44,45)(H,46,47)/t36-,37+/m1/s1. The highest BCUT2D eigenvalue weighted by Crippen LogP contribution is 2.43. The average Bonchev–Trinajstić information content (AvgIpc) is 3.12. The third-order valence-corrected chi connectivity index (χ3v) is 9.35. The molecule has 0 amide bonds. The Bertz CT molecular complexity index is 1030. The molecule has 0 aromatic heterocycles. The Morgan fingerprint density at radius 3 is 1.62 bits per heavy atom. The van der Waals surface area contributed by atoms with Gasteiger partial charge in [0.1, 0.15) is 12.6 Å². The Kier molecular flexibility index (Phi) is 34.1. The van der Waals surface area contributed by atoms with Crippen molar-refractivity contribution >= 4 is 25.7 Å². The van der Waals surface area contributed by atoms with Crippen LogP contribution < -0.4 is 5.73 Å². The molecule has 302 valence electrons. The Hall–Kier alpha value is -2.30. The number of hydrogen-bond donors (Lipinski definition) is 3. The summed E-state index contributed by atoms with van der Waals surface area (Å²) in [7, 11) is -4.71. The van der Waals surface area contributed by atoms with Crippen LogP contribution in [0.15, 0.2) is 36.5 Å². The van der Waals surface area contributed by atoms with E-state index in [1.807, 2.05) is 0 Å². The molecule has 0 aliphatic heterocycles. The van der Waals surface area contributed by atoms with Crippen molar-refractivity contribution in [3.05, 3.63) is 36.5 Å². The van der Waals surface area contributed by atoms with Gasteiger partial charge in [0, 0.05) is 12.8 Å². The molecule has 1 unspecified atom stereocenters. The van der Waals surface area contributed by atoms with Crippen LogP contribution in [0.2, 0.25) is 0 Å². The van der Waals surface area contributed by atoms with E-state index in [0.29, 0.717) is 12.8 Å². The minimum atomic E-state index is -4.71. The molecule has 0 aromatic rings. The molecule has 0 aromatic carbocycles. The summed E-state index contributed by atoms with van der Waals surface area (Å²) >= 11 is 0. The fourth-order valence-electron chi connectivity index (χ4n) is 5.25. The molecule has 12 heteroatoms. The maximum atomic E-state index is 12.6. The van der Waals surface area contributed by atoms with Crippen molar-refractivity contribution in [2.45, 2.75) is 180 Å². The number of carbonyl (C=O) groups excluding carboxylic acids is 2.